The Morgan fingerprint density at radius 1 is 1.44 bits per heavy atom. The van der Waals surface area contributed by atoms with Crippen LogP contribution in [0.1, 0.15) is 6.42 Å². The van der Waals surface area contributed by atoms with Gasteiger partial charge in [0.2, 0.25) is 0 Å². The molecule has 88 valence electrons. The van der Waals surface area contributed by atoms with Gasteiger partial charge in [-0.15, -0.1) is 0 Å². The number of hydrogen-bond donors (Lipinski definition) is 1. The molecule has 2 heterocycles. The van der Waals surface area contributed by atoms with E-state index in [0.717, 1.165) is 32.0 Å². The molecule has 0 radical (unpaired) electrons. The van der Waals surface area contributed by atoms with E-state index in [-0.39, 0.29) is 0 Å². The van der Waals surface area contributed by atoms with Crippen LogP contribution in [0.15, 0.2) is 16.9 Å². The van der Waals surface area contributed by atoms with Crippen molar-refractivity contribution in [2.24, 2.45) is 10.9 Å². The lowest BCUT2D eigenvalue weighted by atomic mass is 10.1. The standard InChI is InChI=1S/C11H17N3O2/c1-13-4-6-14(7-5-13)10-3-2-9(8-12-10)11(15)16/h3,8-9H,2,4-7H2,1H3,(H,15,16). The van der Waals surface area contributed by atoms with Crippen molar-refractivity contribution in [2.45, 2.75) is 6.42 Å². The summed E-state index contributed by atoms with van der Waals surface area (Å²) in [7, 11) is 2.11. The first-order valence-corrected chi connectivity index (χ1v) is 5.57. The third-order valence-electron chi connectivity index (χ3n) is 3.09. The minimum absolute atomic E-state index is 0.448. The zero-order valence-corrected chi connectivity index (χ0v) is 9.46. The molecule has 0 aromatic carbocycles. The average Bonchev–Trinajstić information content (AvgIpc) is 2.30. The number of hydrogen-bond acceptors (Lipinski definition) is 4. The average molecular weight is 223 g/mol. The molecule has 1 atom stereocenters. The molecule has 1 unspecified atom stereocenters. The Labute approximate surface area is 95.1 Å². The van der Waals surface area contributed by atoms with E-state index < -0.39 is 11.9 Å². The van der Waals surface area contributed by atoms with Crippen molar-refractivity contribution in [1.29, 1.82) is 0 Å². The summed E-state index contributed by atoms with van der Waals surface area (Å²) in [5, 5.41) is 8.83. The molecule has 5 nitrogen and oxygen atoms in total. The van der Waals surface area contributed by atoms with Gasteiger partial charge < -0.3 is 14.9 Å². The number of aliphatic carboxylic acids is 1. The molecule has 0 saturated carbocycles. The number of carboxylic acids is 1. The monoisotopic (exact) mass is 223 g/mol. The van der Waals surface area contributed by atoms with Gasteiger partial charge in [-0.25, -0.2) is 4.99 Å². The molecular weight excluding hydrogens is 206 g/mol. The number of nitrogens with zero attached hydrogens (tertiary/aromatic N) is 3. The van der Waals surface area contributed by atoms with Crippen molar-refractivity contribution < 1.29 is 9.90 Å². The van der Waals surface area contributed by atoms with Crippen LogP contribution in [0.25, 0.3) is 0 Å². The first-order valence-electron chi connectivity index (χ1n) is 5.57. The maximum atomic E-state index is 10.7. The molecule has 16 heavy (non-hydrogen) atoms. The van der Waals surface area contributed by atoms with E-state index in [9.17, 15) is 4.79 Å². The van der Waals surface area contributed by atoms with E-state index in [1.54, 1.807) is 6.21 Å². The number of piperazine rings is 1. The molecule has 0 aromatic rings. The molecule has 0 aromatic heterocycles. The Balaban J connectivity index is 1.93. The quantitative estimate of drug-likeness (QED) is 0.729. The maximum absolute atomic E-state index is 10.7. The van der Waals surface area contributed by atoms with Gasteiger partial charge in [0.25, 0.3) is 0 Å². The van der Waals surface area contributed by atoms with Crippen LogP contribution in [0.3, 0.4) is 0 Å². The Bertz CT molecular complexity index is 330. The highest BCUT2D eigenvalue weighted by Gasteiger charge is 2.21. The summed E-state index contributed by atoms with van der Waals surface area (Å²) in [5.74, 6) is -0.306. The van der Waals surface area contributed by atoms with E-state index in [4.69, 9.17) is 5.11 Å². The maximum Gasteiger partial charge on any atom is 0.312 e. The smallest absolute Gasteiger partial charge is 0.312 e. The molecule has 0 aliphatic carbocycles. The van der Waals surface area contributed by atoms with Gasteiger partial charge in [-0.2, -0.15) is 0 Å². The molecule has 1 N–H and O–H groups in total. The Kier molecular flexibility index (Phi) is 3.24. The molecular formula is C11H17N3O2. The predicted molar refractivity (Wildman–Crippen MR) is 61.4 cm³/mol. The Morgan fingerprint density at radius 3 is 2.62 bits per heavy atom. The first kappa shape index (κ1) is 11.1. The van der Waals surface area contributed by atoms with Crippen LogP contribution in [-0.4, -0.2) is 60.3 Å². The van der Waals surface area contributed by atoms with Gasteiger partial charge in [-0.05, 0) is 19.5 Å². The van der Waals surface area contributed by atoms with Crippen LogP contribution in [0.4, 0.5) is 0 Å². The lowest BCUT2D eigenvalue weighted by Crippen LogP contribution is -2.43. The van der Waals surface area contributed by atoms with Crippen LogP contribution >= 0.6 is 0 Å². The molecule has 2 aliphatic heterocycles. The van der Waals surface area contributed by atoms with Gasteiger partial charge in [-0.3, -0.25) is 4.79 Å². The van der Waals surface area contributed by atoms with Gasteiger partial charge in [0.1, 0.15) is 5.82 Å². The molecule has 0 bridgehead atoms. The van der Waals surface area contributed by atoms with Gasteiger partial charge in [0.15, 0.2) is 0 Å². The molecule has 5 heteroatoms. The summed E-state index contributed by atoms with van der Waals surface area (Å²) in [6, 6.07) is 0. The van der Waals surface area contributed by atoms with E-state index in [0.29, 0.717) is 6.42 Å². The Morgan fingerprint density at radius 2 is 2.12 bits per heavy atom. The summed E-state index contributed by atoms with van der Waals surface area (Å²) < 4.78 is 0. The predicted octanol–water partition coefficient (Wildman–Crippen LogP) is 0.251. The number of allylic oxidation sites excluding steroid dienone is 1. The fourth-order valence-corrected chi connectivity index (χ4v) is 1.92. The van der Waals surface area contributed by atoms with E-state index >= 15 is 0 Å². The molecule has 2 aliphatic rings. The van der Waals surface area contributed by atoms with Crippen molar-refractivity contribution in [1.82, 2.24) is 9.80 Å². The second kappa shape index (κ2) is 4.65. The fraction of sp³-hybridized carbons (Fsp3) is 0.636. The fourth-order valence-electron chi connectivity index (χ4n) is 1.92. The SMILES string of the molecule is CN1CCN(C2=CCC(C(=O)O)C=N2)CC1. The summed E-state index contributed by atoms with van der Waals surface area (Å²) in [6.07, 6.45) is 4.04. The van der Waals surface area contributed by atoms with Gasteiger partial charge in [0, 0.05) is 32.4 Å². The number of carbonyl (C=O) groups is 1. The van der Waals surface area contributed by atoms with E-state index in [2.05, 4.69) is 21.8 Å². The lowest BCUT2D eigenvalue weighted by molar-refractivity contribution is -0.139. The van der Waals surface area contributed by atoms with Gasteiger partial charge >= 0.3 is 5.97 Å². The van der Waals surface area contributed by atoms with E-state index in [1.165, 1.54) is 0 Å². The zero-order valence-electron chi connectivity index (χ0n) is 9.46. The number of carboxylic acid groups (broad SMARTS) is 1. The minimum Gasteiger partial charge on any atom is -0.481 e. The number of rotatable bonds is 2. The molecule has 2 rings (SSSR count). The van der Waals surface area contributed by atoms with Crippen LogP contribution in [0.5, 0.6) is 0 Å². The highest BCUT2D eigenvalue weighted by Crippen LogP contribution is 2.17. The van der Waals surface area contributed by atoms with Gasteiger partial charge in [-0.1, -0.05) is 0 Å². The first-order chi connectivity index (χ1) is 7.66. The van der Waals surface area contributed by atoms with Crippen LogP contribution in [0, 0.1) is 5.92 Å². The summed E-state index contributed by atoms with van der Waals surface area (Å²) in [6.45, 7) is 4.01. The summed E-state index contributed by atoms with van der Waals surface area (Å²) >= 11 is 0. The molecule has 1 fully saturated rings. The van der Waals surface area contributed by atoms with E-state index in [1.807, 2.05) is 6.08 Å². The van der Waals surface area contributed by atoms with Gasteiger partial charge in [0.05, 0.1) is 5.92 Å². The van der Waals surface area contributed by atoms with Crippen LogP contribution in [-0.2, 0) is 4.79 Å². The lowest BCUT2D eigenvalue weighted by Gasteiger charge is -2.34. The second-order valence-electron chi connectivity index (χ2n) is 4.31. The normalized spacial score (nSPS) is 26.7. The zero-order chi connectivity index (χ0) is 11.5. The topological polar surface area (TPSA) is 56.1 Å². The number of likely N-dealkylation sites (N-methyl/N-ethyl adjacent to an activating group) is 1. The number of aliphatic imine (C=N–C) groups is 1. The van der Waals surface area contributed by atoms with Crippen molar-refractivity contribution in [3.63, 3.8) is 0 Å². The highest BCUT2D eigenvalue weighted by atomic mass is 16.4. The Hall–Kier alpha value is -1.36. The highest BCUT2D eigenvalue weighted by molar-refractivity contribution is 5.89. The largest absolute Gasteiger partial charge is 0.481 e. The third kappa shape index (κ3) is 2.41. The molecule has 1 saturated heterocycles. The van der Waals surface area contributed by atoms with Crippen molar-refractivity contribution in [3.05, 3.63) is 11.9 Å². The van der Waals surface area contributed by atoms with Crippen molar-refractivity contribution in [3.8, 4) is 0 Å². The molecule has 0 spiro atoms. The second-order valence-corrected chi connectivity index (χ2v) is 4.31. The van der Waals surface area contributed by atoms with Crippen molar-refractivity contribution in [2.75, 3.05) is 33.2 Å². The minimum atomic E-state index is -0.794. The van der Waals surface area contributed by atoms with Crippen LogP contribution < -0.4 is 0 Å². The summed E-state index contributed by atoms with van der Waals surface area (Å²) in [4.78, 5) is 19.5. The third-order valence-corrected chi connectivity index (χ3v) is 3.09. The van der Waals surface area contributed by atoms with Crippen molar-refractivity contribution >= 4 is 12.2 Å². The molecule has 0 amide bonds. The summed E-state index contributed by atoms with van der Waals surface area (Å²) in [5.41, 5.74) is 0. The van der Waals surface area contributed by atoms with Crippen LogP contribution in [0.2, 0.25) is 0 Å².